The number of fused-ring (bicyclic) bond motifs is 3. The second-order valence-corrected chi connectivity index (χ2v) is 5.54. The molecule has 0 unspecified atom stereocenters. The van der Waals surface area contributed by atoms with Gasteiger partial charge in [-0.05, 0) is 37.5 Å². The largest absolute Gasteiger partial charge is 0.326 e. The molecule has 14 heavy (non-hydrogen) atoms. The molecule has 1 saturated carbocycles. The standard InChI is InChI=1S/C12H24N2/c1-9(2)12(13)8-14-7-10-3-5-11(14)6-4-10/h9-12H,3-8,13H2,1-2H3/t10?,11?,12-/m0/s1. The van der Waals surface area contributed by atoms with Gasteiger partial charge in [0.25, 0.3) is 0 Å². The Morgan fingerprint density at radius 3 is 2.29 bits per heavy atom. The highest BCUT2D eigenvalue weighted by Crippen LogP contribution is 2.34. The average Bonchev–Trinajstić information content (AvgIpc) is 2.19. The van der Waals surface area contributed by atoms with Crippen molar-refractivity contribution in [2.24, 2.45) is 17.6 Å². The maximum atomic E-state index is 6.14. The molecule has 2 aliphatic heterocycles. The van der Waals surface area contributed by atoms with Crippen molar-refractivity contribution in [3.8, 4) is 0 Å². The van der Waals surface area contributed by atoms with Crippen LogP contribution >= 0.6 is 0 Å². The van der Waals surface area contributed by atoms with Gasteiger partial charge < -0.3 is 5.73 Å². The predicted octanol–water partition coefficient (Wildman–Crippen LogP) is 1.84. The minimum Gasteiger partial charge on any atom is -0.326 e. The second kappa shape index (κ2) is 4.19. The average molecular weight is 196 g/mol. The van der Waals surface area contributed by atoms with Crippen molar-refractivity contribution in [3.63, 3.8) is 0 Å². The van der Waals surface area contributed by atoms with Crippen LogP contribution in [0, 0.1) is 11.8 Å². The minimum atomic E-state index is 0.370. The van der Waals surface area contributed by atoms with Crippen LogP contribution < -0.4 is 5.73 Å². The molecule has 0 aromatic heterocycles. The lowest BCUT2D eigenvalue weighted by Gasteiger charge is -2.46. The Morgan fingerprint density at radius 1 is 1.21 bits per heavy atom. The zero-order chi connectivity index (χ0) is 10.1. The Bertz CT molecular complexity index is 183. The van der Waals surface area contributed by atoms with E-state index in [1.165, 1.54) is 32.2 Å². The van der Waals surface area contributed by atoms with Crippen molar-refractivity contribution < 1.29 is 0 Å². The first-order chi connectivity index (χ1) is 6.66. The number of hydrogen-bond acceptors (Lipinski definition) is 2. The van der Waals surface area contributed by atoms with E-state index in [9.17, 15) is 0 Å². The van der Waals surface area contributed by atoms with Crippen LogP contribution in [-0.2, 0) is 0 Å². The van der Waals surface area contributed by atoms with Crippen LogP contribution in [0.3, 0.4) is 0 Å². The van der Waals surface area contributed by atoms with Gasteiger partial charge in [-0.1, -0.05) is 13.8 Å². The van der Waals surface area contributed by atoms with E-state index >= 15 is 0 Å². The molecule has 0 spiro atoms. The summed E-state index contributed by atoms with van der Waals surface area (Å²) in [5.41, 5.74) is 6.14. The molecule has 0 radical (unpaired) electrons. The highest BCUT2D eigenvalue weighted by molar-refractivity contribution is 4.89. The van der Waals surface area contributed by atoms with Crippen molar-refractivity contribution in [1.82, 2.24) is 4.90 Å². The topological polar surface area (TPSA) is 29.3 Å². The molecule has 1 atom stereocenters. The van der Waals surface area contributed by atoms with Gasteiger partial charge >= 0.3 is 0 Å². The third-order valence-corrected chi connectivity index (χ3v) is 4.13. The lowest BCUT2D eigenvalue weighted by molar-refractivity contribution is 0.0408. The fraction of sp³-hybridized carbons (Fsp3) is 1.00. The maximum Gasteiger partial charge on any atom is 0.0191 e. The van der Waals surface area contributed by atoms with E-state index in [0.717, 1.165) is 18.5 Å². The van der Waals surface area contributed by atoms with Gasteiger partial charge in [-0.15, -0.1) is 0 Å². The summed E-state index contributed by atoms with van der Waals surface area (Å²) in [6, 6.07) is 1.24. The smallest absolute Gasteiger partial charge is 0.0191 e. The first-order valence-corrected chi connectivity index (χ1v) is 6.16. The summed E-state index contributed by atoms with van der Waals surface area (Å²) in [6.07, 6.45) is 5.79. The van der Waals surface area contributed by atoms with Crippen LogP contribution in [0.25, 0.3) is 0 Å². The zero-order valence-electron chi connectivity index (χ0n) is 9.58. The van der Waals surface area contributed by atoms with Crippen molar-refractivity contribution in [1.29, 1.82) is 0 Å². The first kappa shape index (κ1) is 10.4. The third-order valence-electron chi connectivity index (χ3n) is 4.13. The van der Waals surface area contributed by atoms with Crippen LogP contribution in [0.5, 0.6) is 0 Å². The van der Waals surface area contributed by atoms with Gasteiger partial charge in [-0.25, -0.2) is 0 Å². The van der Waals surface area contributed by atoms with Crippen LogP contribution in [0.1, 0.15) is 39.5 Å². The molecular formula is C12H24N2. The number of hydrogen-bond donors (Lipinski definition) is 1. The van der Waals surface area contributed by atoms with Gasteiger partial charge in [-0.2, -0.15) is 0 Å². The molecular weight excluding hydrogens is 172 g/mol. The van der Waals surface area contributed by atoms with E-state index in [-0.39, 0.29) is 0 Å². The van der Waals surface area contributed by atoms with E-state index in [1.54, 1.807) is 0 Å². The lowest BCUT2D eigenvalue weighted by Crippen LogP contribution is -2.52. The van der Waals surface area contributed by atoms with E-state index in [0.29, 0.717) is 12.0 Å². The summed E-state index contributed by atoms with van der Waals surface area (Å²) < 4.78 is 0. The van der Waals surface area contributed by atoms with E-state index < -0.39 is 0 Å². The van der Waals surface area contributed by atoms with Crippen LogP contribution in [0.4, 0.5) is 0 Å². The van der Waals surface area contributed by atoms with Crippen molar-refractivity contribution in [2.45, 2.75) is 51.6 Å². The normalized spacial score (nSPS) is 35.1. The van der Waals surface area contributed by atoms with Gasteiger partial charge in [0.2, 0.25) is 0 Å². The molecule has 3 fully saturated rings. The Hall–Kier alpha value is -0.0800. The molecule has 0 amide bonds. The Labute approximate surface area is 87.8 Å². The molecule has 82 valence electrons. The second-order valence-electron chi connectivity index (χ2n) is 5.54. The van der Waals surface area contributed by atoms with Gasteiger partial charge in [0.1, 0.15) is 0 Å². The molecule has 2 saturated heterocycles. The molecule has 3 aliphatic rings. The highest BCUT2D eigenvalue weighted by Gasteiger charge is 2.34. The molecule has 2 bridgehead atoms. The minimum absolute atomic E-state index is 0.370. The van der Waals surface area contributed by atoms with E-state index in [4.69, 9.17) is 5.73 Å². The quantitative estimate of drug-likeness (QED) is 0.746. The molecule has 2 heteroatoms. The molecule has 2 N–H and O–H groups in total. The third kappa shape index (κ3) is 2.12. The fourth-order valence-corrected chi connectivity index (χ4v) is 2.88. The lowest BCUT2D eigenvalue weighted by atomic mass is 9.79. The Kier molecular flexibility index (Phi) is 3.13. The van der Waals surface area contributed by atoms with Crippen LogP contribution in [0.15, 0.2) is 0 Å². The first-order valence-electron chi connectivity index (χ1n) is 6.16. The monoisotopic (exact) mass is 196 g/mol. The van der Waals surface area contributed by atoms with Gasteiger partial charge in [0.15, 0.2) is 0 Å². The summed E-state index contributed by atoms with van der Waals surface area (Å²) in [5.74, 6) is 1.61. The van der Waals surface area contributed by atoms with E-state index in [2.05, 4.69) is 18.7 Å². The molecule has 3 rings (SSSR count). The molecule has 2 heterocycles. The SMILES string of the molecule is CC(C)[C@@H](N)CN1CC2CCC1CC2. The van der Waals surface area contributed by atoms with Gasteiger partial charge in [0, 0.05) is 25.2 Å². The summed E-state index contributed by atoms with van der Waals surface area (Å²) >= 11 is 0. The number of nitrogens with zero attached hydrogens (tertiary/aromatic N) is 1. The summed E-state index contributed by atoms with van der Waals surface area (Å²) in [4.78, 5) is 2.66. The Morgan fingerprint density at radius 2 is 1.86 bits per heavy atom. The highest BCUT2D eigenvalue weighted by atomic mass is 15.2. The van der Waals surface area contributed by atoms with Crippen molar-refractivity contribution in [3.05, 3.63) is 0 Å². The van der Waals surface area contributed by atoms with Crippen molar-refractivity contribution in [2.75, 3.05) is 13.1 Å². The summed E-state index contributed by atoms with van der Waals surface area (Å²) in [7, 11) is 0. The van der Waals surface area contributed by atoms with Crippen LogP contribution in [0.2, 0.25) is 0 Å². The van der Waals surface area contributed by atoms with Gasteiger partial charge in [0.05, 0.1) is 0 Å². The van der Waals surface area contributed by atoms with Gasteiger partial charge in [-0.3, -0.25) is 4.90 Å². The Balaban J connectivity index is 1.86. The number of piperidine rings is 2. The molecule has 2 nitrogen and oxygen atoms in total. The zero-order valence-corrected chi connectivity index (χ0v) is 9.58. The maximum absolute atomic E-state index is 6.14. The fourth-order valence-electron chi connectivity index (χ4n) is 2.88. The number of rotatable bonds is 3. The van der Waals surface area contributed by atoms with Crippen molar-refractivity contribution >= 4 is 0 Å². The van der Waals surface area contributed by atoms with Crippen LogP contribution in [-0.4, -0.2) is 30.1 Å². The molecule has 0 aromatic carbocycles. The predicted molar refractivity (Wildman–Crippen MR) is 60.1 cm³/mol. The molecule has 0 aromatic rings. The van der Waals surface area contributed by atoms with E-state index in [1.807, 2.05) is 0 Å². The summed E-state index contributed by atoms with van der Waals surface area (Å²) in [5, 5.41) is 0. The summed E-state index contributed by atoms with van der Waals surface area (Å²) in [6.45, 7) is 6.91. The number of nitrogens with two attached hydrogens (primary N) is 1. The molecule has 1 aliphatic carbocycles.